The molecule has 18 heavy (non-hydrogen) atoms. The highest BCUT2D eigenvalue weighted by Crippen LogP contribution is 2.33. The molecular weight excluding hydrogens is 267 g/mol. The molecule has 0 aliphatic heterocycles. The van der Waals surface area contributed by atoms with E-state index in [0.717, 1.165) is 31.4 Å². The third-order valence-corrected chi connectivity index (χ3v) is 3.43. The second-order valence-corrected chi connectivity index (χ2v) is 4.81. The number of aromatic nitrogens is 1. The molecule has 1 aliphatic carbocycles. The fourth-order valence-corrected chi connectivity index (χ4v) is 2.13. The van der Waals surface area contributed by atoms with E-state index in [-0.39, 0.29) is 16.5 Å². The first-order valence-corrected chi connectivity index (χ1v) is 6.02. The van der Waals surface area contributed by atoms with Gasteiger partial charge in [-0.05, 0) is 18.1 Å². The SMILES string of the molecule is O=C(CC1CCC1)c1ccc(C(F)(F)F)nc1Cl. The van der Waals surface area contributed by atoms with Gasteiger partial charge in [-0.3, -0.25) is 4.79 Å². The van der Waals surface area contributed by atoms with E-state index in [9.17, 15) is 18.0 Å². The summed E-state index contributed by atoms with van der Waals surface area (Å²) in [6.45, 7) is 0. The highest BCUT2D eigenvalue weighted by Gasteiger charge is 2.33. The van der Waals surface area contributed by atoms with Crippen LogP contribution in [-0.2, 0) is 6.18 Å². The van der Waals surface area contributed by atoms with Crippen molar-refractivity contribution in [1.29, 1.82) is 0 Å². The summed E-state index contributed by atoms with van der Waals surface area (Å²) in [5.41, 5.74) is -0.996. The van der Waals surface area contributed by atoms with Gasteiger partial charge in [-0.25, -0.2) is 4.98 Å². The Bertz CT molecular complexity index is 469. The Hall–Kier alpha value is -1.10. The van der Waals surface area contributed by atoms with Crippen LogP contribution < -0.4 is 0 Å². The minimum absolute atomic E-state index is 0.0802. The molecule has 0 radical (unpaired) electrons. The van der Waals surface area contributed by atoms with Gasteiger partial charge in [0.25, 0.3) is 0 Å². The molecule has 1 aliphatic rings. The molecule has 98 valence electrons. The van der Waals surface area contributed by atoms with Crippen molar-refractivity contribution in [2.24, 2.45) is 5.92 Å². The van der Waals surface area contributed by atoms with Crippen LogP contribution in [0.5, 0.6) is 0 Å². The molecule has 0 atom stereocenters. The Labute approximate surface area is 107 Å². The van der Waals surface area contributed by atoms with Gasteiger partial charge in [0.2, 0.25) is 0 Å². The Kier molecular flexibility index (Phi) is 3.61. The topological polar surface area (TPSA) is 30.0 Å². The molecule has 0 bridgehead atoms. The number of carbonyl (C=O) groups excluding carboxylic acids is 1. The molecule has 1 aromatic heterocycles. The lowest BCUT2D eigenvalue weighted by Gasteiger charge is -2.24. The number of rotatable bonds is 3. The van der Waals surface area contributed by atoms with E-state index in [1.165, 1.54) is 0 Å². The van der Waals surface area contributed by atoms with Gasteiger partial charge in [0.1, 0.15) is 10.8 Å². The van der Waals surface area contributed by atoms with Crippen LogP contribution in [0, 0.1) is 5.92 Å². The van der Waals surface area contributed by atoms with Crippen molar-refractivity contribution in [2.45, 2.75) is 31.9 Å². The third-order valence-electron chi connectivity index (χ3n) is 3.14. The van der Waals surface area contributed by atoms with E-state index in [4.69, 9.17) is 11.6 Å². The Morgan fingerprint density at radius 1 is 1.39 bits per heavy atom. The highest BCUT2D eigenvalue weighted by molar-refractivity contribution is 6.32. The number of halogens is 4. The number of hydrogen-bond acceptors (Lipinski definition) is 2. The number of carbonyl (C=O) groups is 1. The zero-order valence-electron chi connectivity index (χ0n) is 9.43. The minimum atomic E-state index is -4.54. The molecule has 2 rings (SSSR count). The number of hydrogen-bond donors (Lipinski definition) is 0. The minimum Gasteiger partial charge on any atom is -0.294 e. The highest BCUT2D eigenvalue weighted by atomic mass is 35.5. The van der Waals surface area contributed by atoms with Crippen molar-refractivity contribution in [3.8, 4) is 0 Å². The Balaban J connectivity index is 2.16. The Morgan fingerprint density at radius 3 is 2.50 bits per heavy atom. The third kappa shape index (κ3) is 2.83. The zero-order valence-corrected chi connectivity index (χ0v) is 10.2. The van der Waals surface area contributed by atoms with Crippen LogP contribution in [0.4, 0.5) is 13.2 Å². The van der Waals surface area contributed by atoms with Gasteiger partial charge in [0, 0.05) is 6.42 Å². The monoisotopic (exact) mass is 277 g/mol. The molecule has 2 nitrogen and oxygen atoms in total. The lowest BCUT2D eigenvalue weighted by Crippen LogP contribution is -2.17. The fraction of sp³-hybridized carbons (Fsp3) is 0.500. The van der Waals surface area contributed by atoms with Crippen LogP contribution in [0.3, 0.4) is 0 Å². The summed E-state index contributed by atoms with van der Waals surface area (Å²) in [6, 6.07) is 1.90. The van der Waals surface area contributed by atoms with E-state index >= 15 is 0 Å². The van der Waals surface area contributed by atoms with Crippen molar-refractivity contribution in [3.05, 3.63) is 28.5 Å². The van der Waals surface area contributed by atoms with Crippen molar-refractivity contribution in [1.82, 2.24) is 4.98 Å². The maximum atomic E-state index is 12.4. The zero-order chi connectivity index (χ0) is 13.3. The molecule has 1 saturated carbocycles. The van der Waals surface area contributed by atoms with Crippen LogP contribution in [-0.4, -0.2) is 10.8 Å². The van der Waals surface area contributed by atoms with Gasteiger partial charge < -0.3 is 0 Å². The maximum Gasteiger partial charge on any atom is 0.433 e. The van der Waals surface area contributed by atoms with E-state index in [2.05, 4.69) is 4.98 Å². The number of pyridine rings is 1. The van der Waals surface area contributed by atoms with E-state index in [0.29, 0.717) is 12.3 Å². The normalized spacial score (nSPS) is 16.4. The maximum absolute atomic E-state index is 12.4. The van der Waals surface area contributed by atoms with Crippen molar-refractivity contribution in [2.75, 3.05) is 0 Å². The average Bonchev–Trinajstić information content (AvgIpc) is 2.21. The summed E-state index contributed by atoms with van der Waals surface area (Å²) >= 11 is 5.64. The molecule has 0 saturated heterocycles. The quantitative estimate of drug-likeness (QED) is 0.614. The van der Waals surface area contributed by atoms with Gasteiger partial charge in [-0.15, -0.1) is 0 Å². The van der Waals surface area contributed by atoms with Gasteiger partial charge in [0.15, 0.2) is 5.78 Å². The van der Waals surface area contributed by atoms with Crippen molar-refractivity contribution < 1.29 is 18.0 Å². The molecule has 6 heteroatoms. The number of Topliss-reactive ketones (excluding diaryl/α,β-unsaturated/α-hetero) is 1. The number of alkyl halides is 3. The van der Waals surface area contributed by atoms with Gasteiger partial charge in [0.05, 0.1) is 5.56 Å². The largest absolute Gasteiger partial charge is 0.433 e. The van der Waals surface area contributed by atoms with Gasteiger partial charge in [-0.1, -0.05) is 30.9 Å². The predicted octanol–water partition coefficient (Wildman–Crippen LogP) is 4.13. The summed E-state index contributed by atoms with van der Waals surface area (Å²) in [5.74, 6) is 0.113. The van der Waals surface area contributed by atoms with Crippen LogP contribution in [0.15, 0.2) is 12.1 Å². The molecule has 0 aromatic carbocycles. The smallest absolute Gasteiger partial charge is 0.294 e. The molecular formula is C12H11ClF3NO. The van der Waals surface area contributed by atoms with Crippen LogP contribution in [0.1, 0.15) is 41.7 Å². The van der Waals surface area contributed by atoms with E-state index < -0.39 is 11.9 Å². The van der Waals surface area contributed by atoms with Gasteiger partial charge in [-0.2, -0.15) is 13.2 Å². The summed E-state index contributed by atoms with van der Waals surface area (Å²) in [6.07, 6.45) is -1.10. The summed E-state index contributed by atoms with van der Waals surface area (Å²) < 4.78 is 37.1. The lowest BCUT2D eigenvalue weighted by molar-refractivity contribution is -0.141. The second-order valence-electron chi connectivity index (χ2n) is 4.46. The van der Waals surface area contributed by atoms with Gasteiger partial charge >= 0.3 is 6.18 Å². The van der Waals surface area contributed by atoms with Crippen molar-refractivity contribution >= 4 is 17.4 Å². The predicted molar refractivity (Wildman–Crippen MR) is 60.5 cm³/mol. The van der Waals surface area contributed by atoms with Crippen LogP contribution in [0.2, 0.25) is 5.15 Å². The van der Waals surface area contributed by atoms with Crippen molar-refractivity contribution in [3.63, 3.8) is 0 Å². The fourth-order valence-electron chi connectivity index (χ4n) is 1.87. The van der Waals surface area contributed by atoms with Crippen LogP contribution in [0.25, 0.3) is 0 Å². The first kappa shape index (κ1) is 13.3. The lowest BCUT2D eigenvalue weighted by atomic mass is 9.81. The first-order valence-electron chi connectivity index (χ1n) is 5.65. The summed E-state index contributed by atoms with van der Waals surface area (Å²) in [7, 11) is 0. The number of nitrogens with zero attached hydrogens (tertiary/aromatic N) is 1. The molecule has 0 amide bonds. The summed E-state index contributed by atoms with van der Waals surface area (Å²) in [4.78, 5) is 15.1. The van der Waals surface area contributed by atoms with E-state index in [1.807, 2.05) is 0 Å². The summed E-state index contributed by atoms with van der Waals surface area (Å²) in [5, 5.41) is -0.367. The molecule has 0 N–H and O–H groups in total. The second kappa shape index (κ2) is 4.88. The van der Waals surface area contributed by atoms with E-state index in [1.54, 1.807) is 0 Å². The molecule has 1 heterocycles. The molecule has 0 spiro atoms. The molecule has 1 fully saturated rings. The van der Waals surface area contributed by atoms with Crippen LogP contribution >= 0.6 is 11.6 Å². The standard InChI is InChI=1S/C12H11ClF3NO/c13-11-8(9(18)6-7-2-1-3-7)4-5-10(17-11)12(14,15)16/h4-5,7H,1-3,6H2. The number of ketones is 1. The molecule has 0 unspecified atom stereocenters. The average molecular weight is 278 g/mol. The Morgan fingerprint density at radius 2 is 2.06 bits per heavy atom. The first-order chi connectivity index (χ1) is 8.38. The molecule has 1 aromatic rings.